The summed E-state index contributed by atoms with van der Waals surface area (Å²) in [7, 11) is 0. The molecular formula is C17H24N2OS. The number of rotatable bonds is 5. The lowest BCUT2D eigenvalue weighted by Gasteiger charge is -2.27. The van der Waals surface area contributed by atoms with Gasteiger partial charge < -0.3 is 10.4 Å². The summed E-state index contributed by atoms with van der Waals surface area (Å²) in [5, 5.41) is 16.6. The van der Waals surface area contributed by atoms with Crippen molar-refractivity contribution in [2.75, 3.05) is 6.54 Å². The Bertz CT molecular complexity index is 560. The van der Waals surface area contributed by atoms with Gasteiger partial charge in [0.05, 0.1) is 17.8 Å². The normalized spacial score (nSPS) is 14.9. The van der Waals surface area contributed by atoms with E-state index in [2.05, 4.69) is 29.8 Å². The minimum atomic E-state index is -0.367. The number of hydrogen-bond acceptors (Lipinski definition) is 4. The Morgan fingerprint density at radius 3 is 2.52 bits per heavy atom. The Kier molecular flexibility index (Phi) is 5.14. The summed E-state index contributed by atoms with van der Waals surface area (Å²) in [4.78, 5) is 4.69. The molecule has 1 aromatic heterocycles. The highest BCUT2D eigenvalue weighted by Gasteiger charge is 2.22. The highest BCUT2D eigenvalue weighted by Crippen LogP contribution is 2.25. The molecule has 2 N–H and O–H groups in total. The SMILES string of the molecule is CC(NCC(O)C(C)(C)C)c1nc(-c2ccccc2)cs1. The topological polar surface area (TPSA) is 45.1 Å². The number of benzene rings is 1. The second kappa shape index (κ2) is 6.69. The van der Waals surface area contributed by atoms with Crippen LogP contribution in [-0.2, 0) is 0 Å². The van der Waals surface area contributed by atoms with Crippen molar-refractivity contribution >= 4 is 11.3 Å². The molecule has 0 fully saturated rings. The van der Waals surface area contributed by atoms with Crippen LogP contribution in [0.3, 0.4) is 0 Å². The molecule has 0 bridgehead atoms. The Balaban J connectivity index is 1.98. The minimum absolute atomic E-state index is 0.106. The fourth-order valence-corrected chi connectivity index (χ4v) is 2.77. The molecule has 1 aromatic carbocycles. The maximum atomic E-state index is 10.1. The van der Waals surface area contributed by atoms with Crippen molar-refractivity contribution in [1.29, 1.82) is 0 Å². The summed E-state index contributed by atoms with van der Waals surface area (Å²) in [5.41, 5.74) is 2.05. The number of hydrogen-bond donors (Lipinski definition) is 2. The summed E-state index contributed by atoms with van der Waals surface area (Å²) >= 11 is 1.66. The maximum absolute atomic E-state index is 10.1. The standard InChI is InChI=1S/C17H24N2OS/c1-12(18-10-15(20)17(2,3)4)16-19-14(11-21-16)13-8-6-5-7-9-13/h5-9,11-12,15,18,20H,10H2,1-4H3. The lowest BCUT2D eigenvalue weighted by molar-refractivity contribution is 0.0609. The zero-order valence-corrected chi connectivity index (χ0v) is 13.9. The average Bonchev–Trinajstić information content (AvgIpc) is 2.94. The fourth-order valence-electron chi connectivity index (χ4n) is 1.91. The van der Waals surface area contributed by atoms with Crippen LogP contribution in [0.25, 0.3) is 11.3 Å². The Morgan fingerprint density at radius 1 is 1.24 bits per heavy atom. The van der Waals surface area contributed by atoms with Gasteiger partial charge in [0.25, 0.3) is 0 Å². The van der Waals surface area contributed by atoms with Crippen LogP contribution in [0.2, 0.25) is 0 Å². The third-order valence-corrected chi connectivity index (χ3v) is 4.61. The highest BCUT2D eigenvalue weighted by atomic mass is 32.1. The van der Waals surface area contributed by atoms with E-state index >= 15 is 0 Å². The molecule has 1 heterocycles. The van der Waals surface area contributed by atoms with Crippen molar-refractivity contribution < 1.29 is 5.11 Å². The van der Waals surface area contributed by atoms with E-state index < -0.39 is 0 Å². The largest absolute Gasteiger partial charge is 0.391 e. The second-order valence-electron chi connectivity index (χ2n) is 6.45. The number of nitrogens with one attached hydrogen (secondary N) is 1. The van der Waals surface area contributed by atoms with Gasteiger partial charge in [-0.2, -0.15) is 0 Å². The van der Waals surface area contributed by atoms with E-state index in [4.69, 9.17) is 4.98 Å². The van der Waals surface area contributed by atoms with Crippen LogP contribution in [0.5, 0.6) is 0 Å². The van der Waals surface area contributed by atoms with E-state index in [0.29, 0.717) is 6.54 Å². The van der Waals surface area contributed by atoms with Crippen molar-refractivity contribution in [1.82, 2.24) is 10.3 Å². The molecule has 2 aromatic rings. The van der Waals surface area contributed by atoms with Crippen molar-refractivity contribution in [3.63, 3.8) is 0 Å². The minimum Gasteiger partial charge on any atom is -0.391 e. The van der Waals surface area contributed by atoms with Crippen LogP contribution in [0.4, 0.5) is 0 Å². The molecule has 4 heteroatoms. The molecule has 0 radical (unpaired) electrons. The van der Waals surface area contributed by atoms with Gasteiger partial charge in [-0.05, 0) is 12.3 Å². The molecule has 114 valence electrons. The van der Waals surface area contributed by atoms with Crippen molar-refractivity contribution in [3.8, 4) is 11.3 Å². The number of nitrogens with zero attached hydrogens (tertiary/aromatic N) is 1. The average molecular weight is 304 g/mol. The molecule has 0 aliphatic heterocycles. The predicted molar refractivity (Wildman–Crippen MR) is 89.4 cm³/mol. The predicted octanol–water partition coefficient (Wildman–Crippen LogP) is 3.87. The van der Waals surface area contributed by atoms with Crippen molar-refractivity contribution in [3.05, 3.63) is 40.7 Å². The maximum Gasteiger partial charge on any atom is 0.110 e. The van der Waals surface area contributed by atoms with Gasteiger partial charge in [0, 0.05) is 17.5 Å². The first kappa shape index (κ1) is 16.1. The van der Waals surface area contributed by atoms with E-state index in [-0.39, 0.29) is 17.6 Å². The van der Waals surface area contributed by atoms with E-state index in [9.17, 15) is 5.11 Å². The molecule has 0 aliphatic carbocycles. The smallest absolute Gasteiger partial charge is 0.110 e. The first-order valence-electron chi connectivity index (χ1n) is 7.30. The first-order chi connectivity index (χ1) is 9.88. The molecular weight excluding hydrogens is 280 g/mol. The van der Waals surface area contributed by atoms with Crippen LogP contribution < -0.4 is 5.32 Å². The van der Waals surface area contributed by atoms with Gasteiger partial charge in [0.15, 0.2) is 0 Å². The summed E-state index contributed by atoms with van der Waals surface area (Å²) < 4.78 is 0. The van der Waals surface area contributed by atoms with Gasteiger partial charge in [0.1, 0.15) is 5.01 Å². The molecule has 0 spiro atoms. The number of thiazole rings is 1. The van der Waals surface area contributed by atoms with Gasteiger partial charge in [-0.3, -0.25) is 0 Å². The van der Waals surface area contributed by atoms with Gasteiger partial charge in [-0.25, -0.2) is 4.98 Å². The van der Waals surface area contributed by atoms with Crippen molar-refractivity contribution in [2.45, 2.75) is 39.8 Å². The zero-order chi connectivity index (χ0) is 15.5. The first-order valence-corrected chi connectivity index (χ1v) is 8.18. The van der Waals surface area contributed by atoms with Gasteiger partial charge in [-0.1, -0.05) is 51.1 Å². The Labute approximate surface area is 131 Å². The quantitative estimate of drug-likeness (QED) is 0.881. The third-order valence-electron chi connectivity index (χ3n) is 3.58. The monoisotopic (exact) mass is 304 g/mol. The molecule has 3 nitrogen and oxygen atoms in total. The molecule has 0 saturated carbocycles. The molecule has 2 unspecified atom stereocenters. The van der Waals surface area contributed by atoms with E-state index in [1.807, 2.05) is 39.0 Å². The molecule has 2 rings (SSSR count). The molecule has 0 aliphatic rings. The summed E-state index contributed by atoms with van der Waals surface area (Å²) in [6.45, 7) is 8.79. The number of aliphatic hydroxyl groups is 1. The summed E-state index contributed by atoms with van der Waals surface area (Å²) in [5.74, 6) is 0. The van der Waals surface area contributed by atoms with E-state index in [1.165, 1.54) is 0 Å². The fraction of sp³-hybridized carbons (Fsp3) is 0.471. The summed E-state index contributed by atoms with van der Waals surface area (Å²) in [6, 6.07) is 10.3. The van der Waals surface area contributed by atoms with E-state index in [0.717, 1.165) is 16.3 Å². The Hall–Kier alpha value is -1.23. The number of aliphatic hydroxyl groups excluding tert-OH is 1. The van der Waals surface area contributed by atoms with Crippen LogP contribution in [0.15, 0.2) is 35.7 Å². The van der Waals surface area contributed by atoms with Crippen LogP contribution in [-0.4, -0.2) is 22.7 Å². The molecule has 0 saturated heterocycles. The molecule has 2 atom stereocenters. The van der Waals surface area contributed by atoms with Gasteiger partial charge >= 0.3 is 0 Å². The zero-order valence-electron chi connectivity index (χ0n) is 13.1. The van der Waals surface area contributed by atoms with Gasteiger partial charge in [0.2, 0.25) is 0 Å². The molecule has 0 amide bonds. The lowest BCUT2D eigenvalue weighted by atomic mass is 9.89. The Morgan fingerprint density at radius 2 is 1.90 bits per heavy atom. The van der Waals surface area contributed by atoms with E-state index in [1.54, 1.807) is 11.3 Å². The third kappa shape index (κ3) is 4.37. The van der Waals surface area contributed by atoms with Crippen LogP contribution >= 0.6 is 11.3 Å². The lowest BCUT2D eigenvalue weighted by Crippen LogP contribution is -2.37. The highest BCUT2D eigenvalue weighted by molar-refractivity contribution is 7.10. The second-order valence-corrected chi connectivity index (χ2v) is 7.34. The van der Waals surface area contributed by atoms with Crippen molar-refractivity contribution in [2.24, 2.45) is 5.41 Å². The van der Waals surface area contributed by atoms with Crippen LogP contribution in [0.1, 0.15) is 38.7 Å². The molecule has 21 heavy (non-hydrogen) atoms. The summed E-state index contributed by atoms with van der Waals surface area (Å²) in [6.07, 6.45) is -0.367. The van der Waals surface area contributed by atoms with Gasteiger partial charge in [-0.15, -0.1) is 11.3 Å². The van der Waals surface area contributed by atoms with Crippen LogP contribution in [0, 0.1) is 5.41 Å². The number of aromatic nitrogens is 1.